The maximum atomic E-state index is 12.3. The van der Waals surface area contributed by atoms with E-state index in [1.165, 1.54) is 25.3 Å². The number of thiocarbonyl (C=S) groups is 1. The van der Waals surface area contributed by atoms with Gasteiger partial charge in [-0.25, -0.2) is 0 Å². The summed E-state index contributed by atoms with van der Waals surface area (Å²) in [6.45, 7) is 4.90. The first-order chi connectivity index (χ1) is 12.5. The first-order valence-electron chi connectivity index (χ1n) is 9.21. The summed E-state index contributed by atoms with van der Waals surface area (Å²) in [5.41, 5.74) is 7.55. The van der Waals surface area contributed by atoms with Crippen LogP contribution in [-0.4, -0.2) is 34.9 Å². The number of hydrazine groups is 1. The van der Waals surface area contributed by atoms with E-state index in [2.05, 4.69) is 35.2 Å². The molecule has 0 unspecified atom stereocenters. The number of hydrogen-bond acceptors (Lipinski definition) is 3. The molecule has 0 aromatic heterocycles. The summed E-state index contributed by atoms with van der Waals surface area (Å²) in [6, 6.07) is 8.12. The number of nitrogens with one attached hydrogen (secondary N) is 3. The highest BCUT2D eigenvalue weighted by Gasteiger charge is 2.26. The number of likely N-dealkylation sites (tertiary alicyclic amines) is 1. The Hall–Kier alpha value is -2.15. The SMILES string of the molecule is CCCCc1ccc(NC(=S)NNC(=O)[C@@H]2CCCN(C(C)=O)C2)cc1. The van der Waals surface area contributed by atoms with Crippen molar-refractivity contribution in [3.63, 3.8) is 0 Å². The minimum atomic E-state index is -0.208. The van der Waals surface area contributed by atoms with Crippen molar-refractivity contribution >= 4 is 34.8 Å². The number of anilines is 1. The second-order valence-electron chi connectivity index (χ2n) is 6.67. The van der Waals surface area contributed by atoms with Crippen molar-refractivity contribution in [1.29, 1.82) is 0 Å². The van der Waals surface area contributed by atoms with E-state index in [1.54, 1.807) is 4.90 Å². The molecule has 6 nitrogen and oxygen atoms in total. The molecule has 1 saturated heterocycles. The minimum absolute atomic E-state index is 0.00929. The highest BCUT2D eigenvalue weighted by atomic mass is 32.1. The molecule has 1 aliphatic rings. The molecule has 26 heavy (non-hydrogen) atoms. The quantitative estimate of drug-likeness (QED) is 0.544. The number of rotatable bonds is 5. The van der Waals surface area contributed by atoms with E-state index in [-0.39, 0.29) is 17.7 Å². The van der Waals surface area contributed by atoms with Crippen LogP contribution in [0.15, 0.2) is 24.3 Å². The summed E-state index contributed by atoms with van der Waals surface area (Å²) in [6.07, 6.45) is 5.05. The zero-order valence-corrected chi connectivity index (χ0v) is 16.3. The Bertz CT molecular complexity index is 633. The molecule has 1 aromatic rings. The van der Waals surface area contributed by atoms with E-state index in [9.17, 15) is 9.59 Å². The lowest BCUT2D eigenvalue weighted by Crippen LogP contribution is -2.50. The van der Waals surface area contributed by atoms with Crippen LogP contribution in [-0.2, 0) is 16.0 Å². The molecule has 7 heteroatoms. The Morgan fingerprint density at radius 1 is 1.23 bits per heavy atom. The van der Waals surface area contributed by atoms with Crippen molar-refractivity contribution in [3.8, 4) is 0 Å². The second kappa shape index (κ2) is 10.1. The Kier molecular flexibility index (Phi) is 7.84. The summed E-state index contributed by atoms with van der Waals surface area (Å²) in [5.74, 6) is -0.342. The van der Waals surface area contributed by atoms with Crippen LogP contribution >= 0.6 is 12.2 Å². The topological polar surface area (TPSA) is 73.5 Å². The molecule has 3 N–H and O–H groups in total. The van der Waals surface area contributed by atoms with Crippen LogP contribution in [0.1, 0.15) is 45.1 Å². The molecule has 0 spiro atoms. The molecule has 1 atom stereocenters. The maximum Gasteiger partial charge on any atom is 0.243 e. The van der Waals surface area contributed by atoms with Gasteiger partial charge in [-0.2, -0.15) is 0 Å². The fourth-order valence-corrected chi connectivity index (χ4v) is 3.16. The van der Waals surface area contributed by atoms with E-state index < -0.39 is 0 Å². The normalized spacial score (nSPS) is 16.7. The molecular weight excluding hydrogens is 348 g/mol. The van der Waals surface area contributed by atoms with Gasteiger partial charge in [0.05, 0.1) is 5.92 Å². The molecular formula is C19H28N4O2S. The number of hydrogen-bond donors (Lipinski definition) is 3. The van der Waals surface area contributed by atoms with E-state index in [4.69, 9.17) is 12.2 Å². The smallest absolute Gasteiger partial charge is 0.243 e. The van der Waals surface area contributed by atoms with Gasteiger partial charge in [-0.05, 0) is 55.6 Å². The second-order valence-corrected chi connectivity index (χ2v) is 7.08. The Labute approximate surface area is 160 Å². The third-order valence-corrected chi connectivity index (χ3v) is 4.77. The lowest BCUT2D eigenvalue weighted by molar-refractivity contribution is -0.134. The Morgan fingerprint density at radius 2 is 1.96 bits per heavy atom. The van der Waals surface area contributed by atoms with Gasteiger partial charge in [0.15, 0.2) is 5.11 Å². The predicted molar refractivity (Wildman–Crippen MR) is 108 cm³/mol. The third kappa shape index (κ3) is 6.29. The van der Waals surface area contributed by atoms with Gasteiger partial charge in [-0.3, -0.25) is 20.4 Å². The first kappa shape index (κ1) is 20.2. The van der Waals surface area contributed by atoms with E-state index in [0.717, 1.165) is 31.5 Å². The summed E-state index contributed by atoms with van der Waals surface area (Å²) in [7, 11) is 0. The largest absolute Gasteiger partial charge is 0.342 e. The maximum absolute atomic E-state index is 12.3. The van der Waals surface area contributed by atoms with Crippen molar-refractivity contribution in [1.82, 2.24) is 15.8 Å². The molecule has 2 rings (SSSR count). The molecule has 142 valence electrons. The molecule has 2 amide bonds. The zero-order valence-electron chi connectivity index (χ0n) is 15.5. The number of aryl methyl sites for hydroxylation is 1. The van der Waals surface area contributed by atoms with Crippen LogP contribution in [0.25, 0.3) is 0 Å². The van der Waals surface area contributed by atoms with Crippen LogP contribution in [0.2, 0.25) is 0 Å². The predicted octanol–water partition coefficient (Wildman–Crippen LogP) is 2.61. The highest BCUT2D eigenvalue weighted by Crippen LogP contribution is 2.16. The fraction of sp³-hybridized carbons (Fsp3) is 0.526. The van der Waals surface area contributed by atoms with Crippen LogP contribution < -0.4 is 16.2 Å². The third-order valence-electron chi connectivity index (χ3n) is 4.57. The van der Waals surface area contributed by atoms with Crippen molar-refractivity contribution < 1.29 is 9.59 Å². The number of piperidine rings is 1. The van der Waals surface area contributed by atoms with Crippen LogP contribution in [0.5, 0.6) is 0 Å². The number of nitrogens with zero attached hydrogens (tertiary/aromatic N) is 1. The molecule has 1 fully saturated rings. The van der Waals surface area contributed by atoms with Gasteiger partial charge in [0.1, 0.15) is 0 Å². The molecule has 0 saturated carbocycles. The summed E-state index contributed by atoms with van der Waals surface area (Å²) < 4.78 is 0. The summed E-state index contributed by atoms with van der Waals surface area (Å²) in [4.78, 5) is 25.4. The molecule has 1 aromatic carbocycles. The van der Waals surface area contributed by atoms with Crippen molar-refractivity contribution in [2.75, 3.05) is 18.4 Å². The molecule has 1 aliphatic heterocycles. The number of benzene rings is 1. The number of carbonyl (C=O) groups excluding carboxylic acids is 2. The van der Waals surface area contributed by atoms with Gasteiger partial charge in [-0.15, -0.1) is 0 Å². The lowest BCUT2D eigenvalue weighted by atomic mass is 9.97. The number of amides is 2. The average Bonchev–Trinajstić information content (AvgIpc) is 2.65. The van der Waals surface area contributed by atoms with Gasteiger partial charge < -0.3 is 10.2 Å². The molecule has 0 aliphatic carbocycles. The van der Waals surface area contributed by atoms with Gasteiger partial charge in [0.25, 0.3) is 0 Å². The van der Waals surface area contributed by atoms with E-state index in [1.807, 2.05) is 12.1 Å². The van der Waals surface area contributed by atoms with Crippen molar-refractivity contribution in [2.45, 2.75) is 46.0 Å². The monoisotopic (exact) mass is 376 g/mol. The highest BCUT2D eigenvalue weighted by molar-refractivity contribution is 7.80. The van der Waals surface area contributed by atoms with Crippen LogP contribution in [0.4, 0.5) is 5.69 Å². The lowest BCUT2D eigenvalue weighted by Gasteiger charge is -2.31. The van der Waals surface area contributed by atoms with Crippen LogP contribution in [0.3, 0.4) is 0 Å². The summed E-state index contributed by atoms with van der Waals surface area (Å²) in [5, 5.41) is 3.38. The molecule has 0 radical (unpaired) electrons. The summed E-state index contributed by atoms with van der Waals surface area (Å²) >= 11 is 5.22. The first-order valence-corrected chi connectivity index (χ1v) is 9.61. The van der Waals surface area contributed by atoms with Gasteiger partial charge in [0, 0.05) is 25.7 Å². The zero-order chi connectivity index (χ0) is 18.9. The van der Waals surface area contributed by atoms with Crippen molar-refractivity contribution in [3.05, 3.63) is 29.8 Å². The van der Waals surface area contributed by atoms with Gasteiger partial charge in [0.2, 0.25) is 11.8 Å². The number of unbranched alkanes of at least 4 members (excludes halogenated alkanes) is 1. The Morgan fingerprint density at radius 3 is 2.62 bits per heavy atom. The van der Waals surface area contributed by atoms with E-state index in [0.29, 0.717) is 11.7 Å². The molecule has 0 bridgehead atoms. The Balaban J connectivity index is 1.75. The average molecular weight is 377 g/mol. The fourth-order valence-electron chi connectivity index (χ4n) is 3.00. The van der Waals surface area contributed by atoms with Crippen molar-refractivity contribution in [2.24, 2.45) is 5.92 Å². The van der Waals surface area contributed by atoms with E-state index >= 15 is 0 Å². The van der Waals surface area contributed by atoms with Crippen LogP contribution in [0, 0.1) is 5.92 Å². The minimum Gasteiger partial charge on any atom is -0.342 e. The molecule has 1 heterocycles. The number of carbonyl (C=O) groups is 2. The standard InChI is InChI=1S/C19H28N4O2S/c1-3-4-6-15-8-10-17(11-9-15)20-19(26)22-21-18(25)16-7-5-12-23(13-16)14(2)24/h8-11,16H,3-7,12-13H2,1-2H3,(H,21,25)(H2,20,22,26)/t16-/m1/s1. The van der Waals surface area contributed by atoms with Gasteiger partial charge in [-0.1, -0.05) is 25.5 Å². The van der Waals surface area contributed by atoms with Gasteiger partial charge >= 0.3 is 0 Å².